The van der Waals surface area contributed by atoms with Crippen LogP contribution in [0.15, 0.2) is 0 Å². The Labute approximate surface area is 62.9 Å². The third kappa shape index (κ3) is 4.04. The Morgan fingerprint density at radius 1 is 1.55 bits per heavy atom. The lowest BCUT2D eigenvalue weighted by molar-refractivity contribution is -0.131. The minimum atomic E-state index is -0.945. The summed E-state index contributed by atoms with van der Waals surface area (Å²) in [5.74, 6) is -1.54. The van der Waals surface area contributed by atoms with Gasteiger partial charge < -0.3 is 16.8 Å². The molecule has 0 saturated carbocycles. The Morgan fingerprint density at radius 3 is 2.45 bits per heavy atom. The maximum atomic E-state index is 10.3. The molecule has 6 nitrogen and oxygen atoms in total. The predicted molar refractivity (Wildman–Crippen MR) is 36.2 cm³/mol. The summed E-state index contributed by atoms with van der Waals surface area (Å²) in [6.45, 7) is -0.118. The van der Waals surface area contributed by atoms with Crippen molar-refractivity contribution in [3.63, 3.8) is 0 Å². The van der Waals surface area contributed by atoms with Crippen molar-refractivity contribution >= 4 is 18.1 Å². The maximum absolute atomic E-state index is 10.3. The lowest BCUT2D eigenvalue weighted by atomic mass is 10.3. The average Bonchev–Trinajstić information content (AvgIpc) is 1.99. The van der Waals surface area contributed by atoms with Gasteiger partial charge in [0.25, 0.3) is 5.91 Å². The Kier molecular flexibility index (Phi) is 3.82. The molecule has 1 unspecified atom stereocenters. The number of carbonyl (C=O) groups excluding carboxylic acids is 3. The summed E-state index contributed by atoms with van der Waals surface area (Å²) in [4.78, 5) is 30.2. The van der Waals surface area contributed by atoms with Gasteiger partial charge in [0.2, 0.25) is 12.2 Å². The standard InChI is InChI=1S/C5H9N3O3/c6-3(5(7)11)1-8-4(10)2-9/h2-3H,1,6H2,(H2,7,11)(H,8,10). The van der Waals surface area contributed by atoms with Gasteiger partial charge in [0, 0.05) is 6.54 Å². The lowest BCUT2D eigenvalue weighted by Crippen LogP contribution is -2.46. The SMILES string of the molecule is NC(=O)C(N)CNC(=O)C=O. The molecule has 5 N–H and O–H groups in total. The van der Waals surface area contributed by atoms with Gasteiger partial charge in [-0.05, 0) is 0 Å². The van der Waals surface area contributed by atoms with Crippen molar-refractivity contribution in [3.05, 3.63) is 0 Å². The van der Waals surface area contributed by atoms with Gasteiger partial charge >= 0.3 is 0 Å². The van der Waals surface area contributed by atoms with Crippen molar-refractivity contribution in [1.29, 1.82) is 0 Å². The topological polar surface area (TPSA) is 115 Å². The number of rotatable bonds is 4. The molecule has 2 amide bonds. The smallest absolute Gasteiger partial charge is 0.284 e. The molecule has 0 aromatic carbocycles. The first-order valence-corrected chi connectivity index (χ1v) is 2.86. The van der Waals surface area contributed by atoms with E-state index in [2.05, 4.69) is 5.32 Å². The van der Waals surface area contributed by atoms with Gasteiger partial charge in [0.05, 0.1) is 0 Å². The second kappa shape index (κ2) is 4.40. The molecule has 0 bridgehead atoms. The molecule has 0 rings (SSSR count). The fourth-order valence-electron chi connectivity index (χ4n) is 0.353. The molecule has 0 aromatic heterocycles. The number of nitrogens with two attached hydrogens (primary N) is 2. The number of carbonyl (C=O) groups is 3. The zero-order chi connectivity index (χ0) is 8.85. The van der Waals surface area contributed by atoms with E-state index in [4.69, 9.17) is 11.5 Å². The fourth-order valence-corrected chi connectivity index (χ4v) is 0.353. The van der Waals surface area contributed by atoms with Gasteiger partial charge in [-0.15, -0.1) is 0 Å². The molecule has 0 saturated heterocycles. The van der Waals surface area contributed by atoms with Gasteiger partial charge in [-0.2, -0.15) is 0 Å². The van der Waals surface area contributed by atoms with E-state index in [9.17, 15) is 14.4 Å². The average molecular weight is 159 g/mol. The van der Waals surface area contributed by atoms with Crippen molar-refractivity contribution in [1.82, 2.24) is 5.32 Å². The van der Waals surface area contributed by atoms with Crippen LogP contribution >= 0.6 is 0 Å². The van der Waals surface area contributed by atoms with Gasteiger partial charge in [0.15, 0.2) is 0 Å². The predicted octanol–water partition coefficient (Wildman–Crippen LogP) is -2.89. The molecular formula is C5H9N3O3. The van der Waals surface area contributed by atoms with Crippen molar-refractivity contribution in [2.45, 2.75) is 6.04 Å². The van der Waals surface area contributed by atoms with Crippen LogP contribution in [0.25, 0.3) is 0 Å². The van der Waals surface area contributed by atoms with E-state index in [1.54, 1.807) is 0 Å². The van der Waals surface area contributed by atoms with Gasteiger partial charge in [-0.25, -0.2) is 0 Å². The highest BCUT2D eigenvalue weighted by atomic mass is 16.2. The van der Waals surface area contributed by atoms with Crippen LogP contribution in [0, 0.1) is 0 Å². The highest BCUT2D eigenvalue weighted by molar-refractivity contribution is 6.23. The zero-order valence-corrected chi connectivity index (χ0v) is 5.74. The quantitative estimate of drug-likeness (QED) is 0.301. The second-order valence-electron chi connectivity index (χ2n) is 1.87. The molecule has 0 radical (unpaired) electrons. The molecule has 62 valence electrons. The minimum Gasteiger partial charge on any atom is -0.368 e. The summed E-state index contributed by atoms with van der Waals surface area (Å²) in [7, 11) is 0. The van der Waals surface area contributed by atoms with Crippen LogP contribution in [0.2, 0.25) is 0 Å². The Bertz CT molecular complexity index is 180. The number of amides is 2. The number of hydrogen-bond acceptors (Lipinski definition) is 4. The lowest BCUT2D eigenvalue weighted by Gasteiger charge is -2.05. The molecular weight excluding hydrogens is 150 g/mol. The van der Waals surface area contributed by atoms with Crippen LogP contribution in [0.1, 0.15) is 0 Å². The van der Waals surface area contributed by atoms with Crippen LogP contribution < -0.4 is 16.8 Å². The molecule has 0 aromatic rings. The molecule has 0 heterocycles. The first-order valence-electron chi connectivity index (χ1n) is 2.86. The molecule has 11 heavy (non-hydrogen) atoms. The van der Waals surface area contributed by atoms with Crippen LogP contribution in [-0.4, -0.2) is 30.7 Å². The second-order valence-corrected chi connectivity index (χ2v) is 1.87. The van der Waals surface area contributed by atoms with E-state index in [0.717, 1.165) is 0 Å². The van der Waals surface area contributed by atoms with Crippen LogP contribution in [-0.2, 0) is 14.4 Å². The molecule has 0 aliphatic rings. The summed E-state index contributed by atoms with van der Waals surface area (Å²) in [5, 5.41) is 2.08. The van der Waals surface area contributed by atoms with E-state index in [1.807, 2.05) is 0 Å². The monoisotopic (exact) mass is 159 g/mol. The van der Waals surface area contributed by atoms with Crippen molar-refractivity contribution in [3.8, 4) is 0 Å². The molecule has 6 heteroatoms. The number of nitrogens with one attached hydrogen (secondary N) is 1. The summed E-state index contributed by atoms with van der Waals surface area (Å²) < 4.78 is 0. The highest BCUT2D eigenvalue weighted by Gasteiger charge is 2.09. The van der Waals surface area contributed by atoms with Crippen molar-refractivity contribution in [2.24, 2.45) is 11.5 Å². The van der Waals surface area contributed by atoms with Crippen molar-refractivity contribution < 1.29 is 14.4 Å². The highest BCUT2D eigenvalue weighted by Crippen LogP contribution is 1.71. The van der Waals surface area contributed by atoms with E-state index in [-0.39, 0.29) is 12.8 Å². The van der Waals surface area contributed by atoms with Crippen LogP contribution in [0.4, 0.5) is 0 Å². The Morgan fingerprint density at radius 2 is 2.09 bits per heavy atom. The summed E-state index contributed by atoms with van der Waals surface area (Å²) in [6.07, 6.45) is 0.0910. The van der Waals surface area contributed by atoms with Gasteiger partial charge in [-0.1, -0.05) is 0 Å². The maximum Gasteiger partial charge on any atom is 0.284 e. The Balaban J connectivity index is 3.62. The molecule has 0 spiro atoms. The van der Waals surface area contributed by atoms with Crippen LogP contribution in [0.3, 0.4) is 0 Å². The summed E-state index contributed by atoms with van der Waals surface area (Å²) in [5.41, 5.74) is 9.87. The number of hydrogen-bond donors (Lipinski definition) is 3. The molecule has 0 aliphatic heterocycles. The van der Waals surface area contributed by atoms with E-state index in [1.165, 1.54) is 0 Å². The third-order valence-corrected chi connectivity index (χ3v) is 0.969. The van der Waals surface area contributed by atoms with E-state index < -0.39 is 17.9 Å². The fraction of sp³-hybridized carbons (Fsp3) is 0.400. The largest absolute Gasteiger partial charge is 0.368 e. The van der Waals surface area contributed by atoms with Crippen molar-refractivity contribution in [2.75, 3.05) is 6.54 Å². The number of primary amides is 1. The van der Waals surface area contributed by atoms with Crippen LogP contribution in [0.5, 0.6) is 0 Å². The molecule has 0 aliphatic carbocycles. The minimum absolute atomic E-state index is 0.0910. The first-order chi connectivity index (χ1) is 5.07. The normalized spacial score (nSPS) is 11.7. The number of aldehydes is 1. The van der Waals surface area contributed by atoms with E-state index >= 15 is 0 Å². The zero-order valence-electron chi connectivity index (χ0n) is 5.74. The van der Waals surface area contributed by atoms with E-state index in [0.29, 0.717) is 0 Å². The summed E-state index contributed by atoms with van der Waals surface area (Å²) >= 11 is 0. The summed E-state index contributed by atoms with van der Waals surface area (Å²) in [6, 6.07) is -0.945. The van der Waals surface area contributed by atoms with Gasteiger partial charge in [0.1, 0.15) is 6.04 Å². The van der Waals surface area contributed by atoms with Gasteiger partial charge in [-0.3, -0.25) is 14.4 Å². The third-order valence-electron chi connectivity index (χ3n) is 0.969. The Hall–Kier alpha value is -1.43. The first kappa shape index (κ1) is 9.57. The molecule has 0 fully saturated rings. The molecule has 1 atom stereocenters.